The summed E-state index contributed by atoms with van der Waals surface area (Å²) >= 11 is 6.01. The summed E-state index contributed by atoms with van der Waals surface area (Å²) in [6.45, 7) is 5.05. The molecule has 2 aromatic rings. The molecule has 2 rings (SSSR count). The zero-order chi connectivity index (χ0) is 16.7. The molecule has 122 valence electrons. The van der Waals surface area contributed by atoms with E-state index in [-0.39, 0.29) is 18.6 Å². The van der Waals surface area contributed by atoms with Crippen LogP contribution >= 0.6 is 11.6 Å². The van der Waals surface area contributed by atoms with Gasteiger partial charge in [-0.05, 0) is 37.1 Å². The average Bonchev–Trinajstić information content (AvgIpc) is 2.53. The Labute approximate surface area is 142 Å². The van der Waals surface area contributed by atoms with Gasteiger partial charge in [-0.25, -0.2) is 0 Å². The molecule has 0 saturated carbocycles. The smallest absolute Gasteiger partial charge is 0.249 e. The fraction of sp³-hybridized carbons (Fsp3) is 0.316. The Bertz CT molecular complexity index is 628. The van der Waals surface area contributed by atoms with Crippen molar-refractivity contribution in [3.63, 3.8) is 0 Å². The van der Waals surface area contributed by atoms with Crippen molar-refractivity contribution in [2.75, 3.05) is 6.61 Å². The molecule has 0 bridgehead atoms. The van der Waals surface area contributed by atoms with Crippen molar-refractivity contribution in [2.24, 2.45) is 0 Å². The Kier molecular flexibility index (Phi) is 6.63. The van der Waals surface area contributed by atoms with Crippen LogP contribution < -0.4 is 0 Å². The van der Waals surface area contributed by atoms with E-state index in [1.807, 2.05) is 68.4 Å². The van der Waals surface area contributed by atoms with Gasteiger partial charge in [0.15, 0.2) is 0 Å². The van der Waals surface area contributed by atoms with Gasteiger partial charge in [-0.2, -0.15) is 0 Å². The molecule has 4 heteroatoms. The molecule has 0 aliphatic carbocycles. The standard InChI is InChI=1S/C19H22ClNO2/c1-15(2)21(12-17-9-6-10-18(20)11-17)19(22)14-23-13-16-7-4-3-5-8-16/h3-11,15H,12-14H2,1-2H3. The number of amides is 1. The molecule has 1 amide bonds. The van der Waals surface area contributed by atoms with Gasteiger partial charge in [-0.15, -0.1) is 0 Å². The lowest BCUT2D eigenvalue weighted by molar-refractivity contribution is -0.139. The predicted molar refractivity (Wildman–Crippen MR) is 93.2 cm³/mol. The van der Waals surface area contributed by atoms with E-state index in [0.717, 1.165) is 11.1 Å². The number of hydrogen-bond donors (Lipinski definition) is 0. The summed E-state index contributed by atoms with van der Waals surface area (Å²) < 4.78 is 5.56. The highest BCUT2D eigenvalue weighted by atomic mass is 35.5. The number of rotatable bonds is 7. The van der Waals surface area contributed by atoms with Crippen molar-refractivity contribution >= 4 is 17.5 Å². The van der Waals surface area contributed by atoms with E-state index in [2.05, 4.69) is 0 Å². The summed E-state index contributed by atoms with van der Waals surface area (Å²) in [7, 11) is 0. The maximum atomic E-state index is 12.4. The largest absolute Gasteiger partial charge is 0.367 e. The van der Waals surface area contributed by atoms with Gasteiger partial charge >= 0.3 is 0 Å². The highest BCUT2D eigenvalue weighted by Gasteiger charge is 2.17. The van der Waals surface area contributed by atoms with Gasteiger partial charge in [0, 0.05) is 17.6 Å². The van der Waals surface area contributed by atoms with Gasteiger partial charge in [-0.3, -0.25) is 4.79 Å². The third kappa shape index (κ3) is 5.70. The van der Waals surface area contributed by atoms with E-state index in [0.29, 0.717) is 18.2 Å². The summed E-state index contributed by atoms with van der Waals surface area (Å²) in [6, 6.07) is 17.5. The van der Waals surface area contributed by atoms with Crippen molar-refractivity contribution in [1.29, 1.82) is 0 Å². The molecule has 23 heavy (non-hydrogen) atoms. The summed E-state index contributed by atoms with van der Waals surface area (Å²) in [5.41, 5.74) is 2.08. The highest BCUT2D eigenvalue weighted by Crippen LogP contribution is 2.14. The lowest BCUT2D eigenvalue weighted by atomic mass is 10.2. The first kappa shape index (κ1) is 17.5. The molecule has 0 N–H and O–H groups in total. The van der Waals surface area contributed by atoms with E-state index in [4.69, 9.17) is 16.3 Å². The van der Waals surface area contributed by atoms with Crippen LogP contribution in [0, 0.1) is 0 Å². The first-order valence-electron chi connectivity index (χ1n) is 7.72. The van der Waals surface area contributed by atoms with E-state index in [1.54, 1.807) is 4.90 Å². The molecular formula is C19H22ClNO2. The molecule has 0 radical (unpaired) electrons. The second kappa shape index (κ2) is 8.70. The second-order valence-electron chi connectivity index (χ2n) is 5.72. The van der Waals surface area contributed by atoms with Gasteiger partial charge in [-0.1, -0.05) is 54.1 Å². The number of benzene rings is 2. The van der Waals surface area contributed by atoms with Crippen LogP contribution in [0.1, 0.15) is 25.0 Å². The molecule has 0 heterocycles. The molecule has 0 unspecified atom stereocenters. The number of carbonyl (C=O) groups is 1. The maximum Gasteiger partial charge on any atom is 0.249 e. The first-order valence-corrected chi connectivity index (χ1v) is 8.09. The van der Waals surface area contributed by atoms with Gasteiger partial charge in [0.25, 0.3) is 0 Å². The fourth-order valence-corrected chi connectivity index (χ4v) is 2.52. The average molecular weight is 332 g/mol. The highest BCUT2D eigenvalue weighted by molar-refractivity contribution is 6.30. The first-order chi connectivity index (χ1) is 11.1. The lowest BCUT2D eigenvalue weighted by Gasteiger charge is -2.27. The quantitative estimate of drug-likeness (QED) is 0.757. The van der Waals surface area contributed by atoms with Gasteiger partial charge < -0.3 is 9.64 Å². The Morgan fingerprint density at radius 3 is 2.43 bits per heavy atom. The zero-order valence-corrected chi connectivity index (χ0v) is 14.3. The van der Waals surface area contributed by atoms with Crippen molar-refractivity contribution in [3.8, 4) is 0 Å². The number of halogens is 1. The predicted octanol–water partition coefficient (Wildman–Crippen LogP) is 4.29. The molecule has 0 aliphatic heterocycles. The van der Waals surface area contributed by atoms with Crippen molar-refractivity contribution in [2.45, 2.75) is 33.0 Å². The van der Waals surface area contributed by atoms with E-state index < -0.39 is 0 Å². The number of carbonyl (C=O) groups excluding carboxylic acids is 1. The summed E-state index contributed by atoms with van der Waals surface area (Å²) in [5, 5.41) is 0.680. The van der Waals surface area contributed by atoms with Gasteiger partial charge in [0.1, 0.15) is 6.61 Å². The lowest BCUT2D eigenvalue weighted by Crippen LogP contribution is -2.38. The van der Waals surface area contributed by atoms with Crippen LogP contribution in [-0.2, 0) is 22.7 Å². The zero-order valence-electron chi connectivity index (χ0n) is 13.5. The third-order valence-electron chi connectivity index (χ3n) is 3.52. The molecule has 0 saturated heterocycles. The Morgan fingerprint density at radius 1 is 1.09 bits per heavy atom. The van der Waals surface area contributed by atoms with Crippen LogP contribution in [0.4, 0.5) is 0 Å². The molecule has 0 aliphatic rings. The summed E-state index contributed by atoms with van der Waals surface area (Å²) in [4.78, 5) is 14.2. The minimum Gasteiger partial charge on any atom is -0.367 e. The van der Waals surface area contributed by atoms with Crippen molar-refractivity contribution in [3.05, 3.63) is 70.7 Å². The van der Waals surface area contributed by atoms with Crippen molar-refractivity contribution in [1.82, 2.24) is 4.90 Å². The normalized spacial score (nSPS) is 10.8. The monoisotopic (exact) mass is 331 g/mol. The molecule has 2 aromatic carbocycles. The summed E-state index contributed by atoms with van der Waals surface area (Å²) in [6.07, 6.45) is 0. The van der Waals surface area contributed by atoms with Crippen LogP contribution in [0.15, 0.2) is 54.6 Å². The van der Waals surface area contributed by atoms with Crippen molar-refractivity contribution < 1.29 is 9.53 Å². The number of ether oxygens (including phenoxy) is 1. The van der Waals surface area contributed by atoms with E-state index in [1.165, 1.54) is 0 Å². The van der Waals surface area contributed by atoms with Crippen LogP contribution in [0.25, 0.3) is 0 Å². The van der Waals surface area contributed by atoms with Gasteiger partial charge in [0.2, 0.25) is 5.91 Å². The topological polar surface area (TPSA) is 29.5 Å². The maximum absolute atomic E-state index is 12.4. The SMILES string of the molecule is CC(C)N(Cc1cccc(Cl)c1)C(=O)COCc1ccccc1. The number of hydrogen-bond acceptors (Lipinski definition) is 2. The van der Waals surface area contributed by atoms with Gasteiger partial charge in [0.05, 0.1) is 6.61 Å². The molecular weight excluding hydrogens is 310 g/mol. The van der Waals surface area contributed by atoms with Crippen LogP contribution in [0.3, 0.4) is 0 Å². The molecule has 0 aromatic heterocycles. The molecule has 0 atom stereocenters. The molecule has 0 fully saturated rings. The molecule has 3 nitrogen and oxygen atoms in total. The minimum absolute atomic E-state index is 0.0177. The Hall–Kier alpha value is -1.84. The van der Waals surface area contributed by atoms with Crippen LogP contribution in [0.2, 0.25) is 5.02 Å². The van der Waals surface area contributed by atoms with E-state index in [9.17, 15) is 4.79 Å². The fourth-order valence-electron chi connectivity index (χ4n) is 2.30. The third-order valence-corrected chi connectivity index (χ3v) is 3.76. The Morgan fingerprint density at radius 2 is 1.78 bits per heavy atom. The van der Waals surface area contributed by atoms with E-state index >= 15 is 0 Å². The molecule has 0 spiro atoms. The van der Waals surface area contributed by atoms with Crippen LogP contribution in [0.5, 0.6) is 0 Å². The Balaban J connectivity index is 1.90. The minimum atomic E-state index is -0.0177. The second-order valence-corrected chi connectivity index (χ2v) is 6.16. The summed E-state index contributed by atoms with van der Waals surface area (Å²) in [5.74, 6) is -0.0177. The van der Waals surface area contributed by atoms with Crippen LogP contribution in [-0.4, -0.2) is 23.5 Å². The number of nitrogens with zero attached hydrogens (tertiary/aromatic N) is 1.